The van der Waals surface area contributed by atoms with Crippen molar-refractivity contribution in [1.82, 2.24) is 20.5 Å². The average Bonchev–Trinajstić information content (AvgIpc) is 2.39. The molecule has 5 nitrogen and oxygen atoms in total. The van der Waals surface area contributed by atoms with Crippen LogP contribution in [0.1, 0.15) is 5.82 Å². The van der Waals surface area contributed by atoms with Crippen LogP contribution in [0.25, 0.3) is 0 Å². The minimum Gasteiger partial charge on any atom is -0.376 e. The lowest BCUT2D eigenvalue weighted by Crippen LogP contribution is -2.30. The minimum atomic E-state index is 0.310. The Morgan fingerprint density at radius 3 is 3.18 bits per heavy atom. The molecule has 0 unspecified atom stereocenters. The smallest absolute Gasteiger partial charge is 0.163 e. The van der Waals surface area contributed by atoms with Crippen molar-refractivity contribution in [3.05, 3.63) is 12.2 Å². The van der Waals surface area contributed by atoms with E-state index in [9.17, 15) is 0 Å². The van der Waals surface area contributed by atoms with Gasteiger partial charge in [-0.15, -0.1) is 0 Å². The Labute approximate surface area is 69.4 Å². The van der Waals surface area contributed by atoms with Crippen molar-refractivity contribution < 1.29 is 0 Å². The first-order chi connectivity index (χ1) is 5.29. The second kappa shape index (κ2) is 3.87. The summed E-state index contributed by atoms with van der Waals surface area (Å²) in [6.45, 7) is 0.685. The molecule has 0 aliphatic rings. The van der Waals surface area contributed by atoms with Crippen LogP contribution >= 0.6 is 12.2 Å². The van der Waals surface area contributed by atoms with E-state index in [0.29, 0.717) is 11.7 Å². The Morgan fingerprint density at radius 2 is 2.64 bits per heavy atom. The standard InChI is InChI=1S/C5H9N5S/c6-5(11)7-2-1-4-8-3-9-10-4/h3H,1-2H2,(H3,6,7,11)(H,8,9,10). The summed E-state index contributed by atoms with van der Waals surface area (Å²) in [6, 6.07) is 0. The molecule has 0 saturated carbocycles. The number of hydrogen-bond acceptors (Lipinski definition) is 3. The van der Waals surface area contributed by atoms with E-state index in [4.69, 9.17) is 5.73 Å². The number of aromatic amines is 1. The quantitative estimate of drug-likeness (QED) is 0.518. The van der Waals surface area contributed by atoms with Gasteiger partial charge in [-0.2, -0.15) is 5.10 Å². The topological polar surface area (TPSA) is 79.6 Å². The fraction of sp³-hybridized carbons (Fsp3) is 0.400. The molecule has 0 fully saturated rings. The summed E-state index contributed by atoms with van der Waals surface area (Å²) in [6.07, 6.45) is 2.22. The van der Waals surface area contributed by atoms with Crippen molar-refractivity contribution in [3.63, 3.8) is 0 Å². The van der Waals surface area contributed by atoms with Crippen LogP contribution in [0.2, 0.25) is 0 Å². The molecule has 0 aliphatic carbocycles. The molecule has 1 heterocycles. The van der Waals surface area contributed by atoms with Gasteiger partial charge in [0.1, 0.15) is 12.2 Å². The van der Waals surface area contributed by atoms with Crippen LogP contribution in [0.15, 0.2) is 6.33 Å². The molecular formula is C5H9N5S. The Kier molecular flexibility index (Phi) is 2.79. The van der Waals surface area contributed by atoms with E-state index in [-0.39, 0.29) is 0 Å². The molecule has 0 spiro atoms. The van der Waals surface area contributed by atoms with E-state index in [0.717, 1.165) is 12.2 Å². The molecule has 0 atom stereocenters. The van der Waals surface area contributed by atoms with Crippen LogP contribution in [-0.2, 0) is 6.42 Å². The van der Waals surface area contributed by atoms with Crippen molar-refractivity contribution in [1.29, 1.82) is 0 Å². The second-order valence-electron chi connectivity index (χ2n) is 1.97. The molecule has 0 radical (unpaired) electrons. The van der Waals surface area contributed by atoms with Crippen LogP contribution in [0, 0.1) is 0 Å². The molecule has 1 aromatic heterocycles. The van der Waals surface area contributed by atoms with Gasteiger partial charge in [0, 0.05) is 13.0 Å². The molecule has 60 valence electrons. The number of nitrogens with zero attached hydrogens (tertiary/aromatic N) is 2. The van der Waals surface area contributed by atoms with Crippen molar-refractivity contribution in [2.24, 2.45) is 5.73 Å². The summed E-state index contributed by atoms with van der Waals surface area (Å²) in [5, 5.41) is 9.53. The predicted molar refractivity (Wildman–Crippen MR) is 44.9 cm³/mol. The Bertz CT molecular complexity index is 219. The maximum absolute atomic E-state index is 5.21. The fourth-order valence-electron chi connectivity index (χ4n) is 0.655. The first-order valence-electron chi connectivity index (χ1n) is 3.16. The number of aromatic nitrogens is 3. The third-order valence-corrected chi connectivity index (χ3v) is 1.27. The average molecular weight is 171 g/mol. The highest BCUT2D eigenvalue weighted by Crippen LogP contribution is 1.84. The van der Waals surface area contributed by atoms with Gasteiger partial charge in [-0.1, -0.05) is 0 Å². The number of thiocarbonyl (C=S) groups is 1. The van der Waals surface area contributed by atoms with Crippen molar-refractivity contribution in [3.8, 4) is 0 Å². The van der Waals surface area contributed by atoms with Crippen LogP contribution in [0.5, 0.6) is 0 Å². The van der Waals surface area contributed by atoms with E-state index < -0.39 is 0 Å². The third kappa shape index (κ3) is 2.94. The number of nitrogens with one attached hydrogen (secondary N) is 2. The third-order valence-electron chi connectivity index (χ3n) is 1.13. The van der Waals surface area contributed by atoms with E-state index in [1.807, 2.05) is 0 Å². The van der Waals surface area contributed by atoms with Gasteiger partial charge in [0.15, 0.2) is 5.11 Å². The summed E-state index contributed by atoms with van der Waals surface area (Å²) in [4.78, 5) is 3.92. The molecule has 0 aliphatic heterocycles. The maximum atomic E-state index is 5.21. The number of rotatable bonds is 3. The molecule has 1 rings (SSSR count). The lowest BCUT2D eigenvalue weighted by atomic mass is 10.4. The Morgan fingerprint density at radius 1 is 1.82 bits per heavy atom. The zero-order valence-corrected chi connectivity index (χ0v) is 6.69. The van der Waals surface area contributed by atoms with Gasteiger partial charge in [-0.3, -0.25) is 5.10 Å². The van der Waals surface area contributed by atoms with Gasteiger partial charge in [-0.05, 0) is 12.2 Å². The van der Waals surface area contributed by atoms with Gasteiger partial charge in [0.2, 0.25) is 0 Å². The Balaban J connectivity index is 2.19. The minimum absolute atomic E-state index is 0.310. The SMILES string of the molecule is NC(=S)NCCc1ncn[nH]1. The lowest BCUT2D eigenvalue weighted by Gasteiger charge is -1.99. The van der Waals surface area contributed by atoms with Crippen LogP contribution < -0.4 is 11.1 Å². The predicted octanol–water partition coefficient (Wildman–Crippen LogP) is -0.820. The summed E-state index contributed by atoms with van der Waals surface area (Å²) >= 11 is 4.61. The molecular weight excluding hydrogens is 162 g/mol. The molecule has 4 N–H and O–H groups in total. The zero-order valence-electron chi connectivity index (χ0n) is 5.87. The van der Waals surface area contributed by atoms with Crippen molar-refractivity contribution >= 4 is 17.3 Å². The van der Waals surface area contributed by atoms with Gasteiger partial charge < -0.3 is 11.1 Å². The largest absolute Gasteiger partial charge is 0.376 e. The first kappa shape index (κ1) is 7.93. The molecule has 0 aromatic carbocycles. The van der Waals surface area contributed by atoms with Gasteiger partial charge in [0.05, 0.1) is 0 Å². The first-order valence-corrected chi connectivity index (χ1v) is 3.57. The fourth-order valence-corrected chi connectivity index (χ4v) is 0.757. The number of hydrogen-bond donors (Lipinski definition) is 3. The van der Waals surface area contributed by atoms with E-state index in [1.165, 1.54) is 6.33 Å². The molecule has 0 saturated heterocycles. The number of nitrogens with two attached hydrogens (primary N) is 1. The van der Waals surface area contributed by atoms with Crippen LogP contribution in [-0.4, -0.2) is 26.8 Å². The molecule has 0 amide bonds. The maximum Gasteiger partial charge on any atom is 0.163 e. The van der Waals surface area contributed by atoms with Crippen molar-refractivity contribution in [2.45, 2.75) is 6.42 Å². The molecule has 6 heteroatoms. The lowest BCUT2D eigenvalue weighted by molar-refractivity contribution is 0.815. The van der Waals surface area contributed by atoms with Gasteiger partial charge >= 0.3 is 0 Å². The summed E-state index contributed by atoms with van der Waals surface area (Å²) in [5.74, 6) is 0.828. The van der Waals surface area contributed by atoms with E-state index in [1.54, 1.807) is 0 Å². The number of H-pyrrole nitrogens is 1. The zero-order chi connectivity index (χ0) is 8.10. The summed E-state index contributed by atoms with van der Waals surface area (Å²) in [7, 11) is 0. The highest BCUT2D eigenvalue weighted by molar-refractivity contribution is 7.80. The summed E-state index contributed by atoms with van der Waals surface area (Å²) in [5.41, 5.74) is 5.21. The second-order valence-corrected chi connectivity index (χ2v) is 2.41. The molecule has 11 heavy (non-hydrogen) atoms. The van der Waals surface area contributed by atoms with Gasteiger partial charge in [0.25, 0.3) is 0 Å². The summed E-state index contributed by atoms with van der Waals surface area (Å²) < 4.78 is 0. The highest BCUT2D eigenvalue weighted by atomic mass is 32.1. The highest BCUT2D eigenvalue weighted by Gasteiger charge is 1.93. The Hall–Kier alpha value is -1.17. The monoisotopic (exact) mass is 171 g/mol. The van der Waals surface area contributed by atoms with Crippen molar-refractivity contribution in [2.75, 3.05) is 6.54 Å². The molecule has 1 aromatic rings. The normalized spacial score (nSPS) is 9.45. The van der Waals surface area contributed by atoms with Crippen LogP contribution in [0.3, 0.4) is 0 Å². The van der Waals surface area contributed by atoms with Crippen LogP contribution in [0.4, 0.5) is 0 Å². The van der Waals surface area contributed by atoms with E-state index in [2.05, 4.69) is 32.7 Å². The molecule has 0 bridgehead atoms. The van der Waals surface area contributed by atoms with Gasteiger partial charge in [-0.25, -0.2) is 4.98 Å². The van der Waals surface area contributed by atoms with E-state index >= 15 is 0 Å².